The predicted octanol–water partition coefficient (Wildman–Crippen LogP) is 2.34. The molecule has 0 saturated heterocycles. The number of phenols is 1. The minimum Gasteiger partial charge on any atom is -0.507 e. The molecule has 6 heteroatoms. The second-order valence-electron chi connectivity index (χ2n) is 5.67. The van der Waals surface area contributed by atoms with Gasteiger partial charge in [-0.1, -0.05) is 12.1 Å². The zero-order valence-electron chi connectivity index (χ0n) is 14.1. The van der Waals surface area contributed by atoms with Crippen molar-refractivity contribution in [2.45, 2.75) is 0 Å². The lowest BCUT2D eigenvalue weighted by Crippen LogP contribution is -2.34. The maximum atomic E-state index is 12.1. The van der Waals surface area contributed by atoms with Gasteiger partial charge in [0.2, 0.25) is 0 Å². The smallest absolute Gasteiger partial charge is 0.255 e. The molecule has 2 amide bonds. The van der Waals surface area contributed by atoms with Crippen LogP contribution in [0.5, 0.6) is 5.75 Å². The molecule has 0 fully saturated rings. The molecule has 132 valence electrons. The van der Waals surface area contributed by atoms with Gasteiger partial charge in [0.1, 0.15) is 5.75 Å². The number of benzene rings is 2. The summed E-state index contributed by atoms with van der Waals surface area (Å²) in [6.45, 7) is 0.553. The third-order valence-corrected chi connectivity index (χ3v) is 3.88. The summed E-state index contributed by atoms with van der Waals surface area (Å²) in [7, 11) is 0. The van der Waals surface area contributed by atoms with E-state index in [0.717, 1.165) is 5.69 Å². The van der Waals surface area contributed by atoms with Crippen LogP contribution in [-0.2, 0) is 0 Å². The van der Waals surface area contributed by atoms with Gasteiger partial charge in [-0.05, 0) is 48.5 Å². The second-order valence-corrected chi connectivity index (χ2v) is 5.67. The number of carbonyl (C=O) groups is 2. The van der Waals surface area contributed by atoms with E-state index >= 15 is 0 Å². The Hall–Kier alpha value is -3.54. The summed E-state index contributed by atoms with van der Waals surface area (Å²) in [5.74, 6) is -0.661. The number of hydrogen-bond donors (Lipinski definition) is 3. The van der Waals surface area contributed by atoms with E-state index in [0.29, 0.717) is 5.56 Å². The van der Waals surface area contributed by atoms with Gasteiger partial charge in [-0.25, -0.2) is 0 Å². The third-order valence-electron chi connectivity index (χ3n) is 3.88. The number of hydrogen-bond acceptors (Lipinski definition) is 3. The number of para-hydroxylation sites is 1. The van der Waals surface area contributed by atoms with Crippen LogP contribution in [0.2, 0.25) is 0 Å². The van der Waals surface area contributed by atoms with Crippen LogP contribution in [0.4, 0.5) is 0 Å². The number of aromatic hydroxyl groups is 1. The van der Waals surface area contributed by atoms with Crippen molar-refractivity contribution in [2.24, 2.45) is 0 Å². The van der Waals surface area contributed by atoms with Crippen molar-refractivity contribution in [1.82, 2.24) is 15.2 Å². The van der Waals surface area contributed by atoms with E-state index in [2.05, 4.69) is 10.6 Å². The first-order chi connectivity index (χ1) is 12.6. The van der Waals surface area contributed by atoms with Crippen molar-refractivity contribution < 1.29 is 14.7 Å². The van der Waals surface area contributed by atoms with E-state index in [4.69, 9.17) is 0 Å². The van der Waals surface area contributed by atoms with E-state index in [9.17, 15) is 14.7 Å². The molecule has 3 rings (SSSR count). The molecular weight excluding hydrogens is 330 g/mol. The highest BCUT2D eigenvalue weighted by Gasteiger charge is 2.10. The first kappa shape index (κ1) is 17.3. The van der Waals surface area contributed by atoms with Gasteiger partial charge in [0.05, 0.1) is 5.56 Å². The minimum absolute atomic E-state index is 0.0724. The molecule has 3 aromatic rings. The third kappa shape index (κ3) is 4.10. The summed E-state index contributed by atoms with van der Waals surface area (Å²) < 4.78 is 1.95. The molecule has 2 aromatic carbocycles. The average Bonchev–Trinajstić information content (AvgIpc) is 3.20. The number of phenolic OH excluding ortho intramolecular Hbond substituents is 1. The highest BCUT2D eigenvalue weighted by atomic mass is 16.3. The van der Waals surface area contributed by atoms with E-state index in [1.165, 1.54) is 12.1 Å². The molecule has 0 radical (unpaired) electrons. The zero-order chi connectivity index (χ0) is 18.4. The number of amides is 2. The van der Waals surface area contributed by atoms with Gasteiger partial charge in [0.15, 0.2) is 0 Å². The first-order valence-electron chi connectivity index (χ1n) is 8.23. The fraction of sp³-hybridized carbons (Fsp3) is 0.100. The van der Waals surface area contributed by atoms with Gasteiger partial charge in [0, 0.05) is 36.7 Å². The minimum atomic E-state index is -0.381. The van der Waals surface area contributed by atoms with Gasteiger partial charge in [0.25, 0.3) is 11.8 Å². The standard InChI is InChI=1S/C20H19N3O3/c24-18-6-2-1-5-17(18)20(26)22-12-11-21-19(25)15-7-9-16(10-8-15)23-13-3-4-14-23/h1-10,13-14,24H,11-12H2,(H,21,25)(H,22,26). The largest absolute Gasteiger partial charge is 0.507 e. The molecule has 0 bridgehead atoms. The molecule has 0 unspecified atom stereocenters. The number of nitrogens with zero attached hydrogens (tertiary/aromatic N) is 1. The van der Waals surface area contributed by atoms with Crippen molar-refractivity contribution in [2.75, 3.05) is 13.1 Å². The number of aromatic nitrogens is 1. The normalized spacial score (nSPS) is 10.3. The van der Waals surface area contributed by atoms with Crippen molar-refractivity contribution in [1.29, 1.82) is 0 Å². The van der Waals surface area contributed by atoms with Crippen molar-refractivity contribution in [3.8, 4) is 11.4 Å². The summed E-state index contributed by atoms with van der Waals surface area (Å²) in [5, 5.41) is 15.0. The van der Waals surface area contributed by atoms with Gasteiger partial charge in [-0.15, -0.1) is 0 Å². The molecule has 0 aliphatic heterocycles. The fourth-order valence-corrected chi connectivity index (χ4v) is 2.51. The van der Waals surface area contributed by atoms with Crippen molar-refractivity contribution >= 4 is 11.8 Å². The average molecular weight is 349 g/mol. The second kappa shape index (κ2) is 8.02. The fourth-order valence-electron chi connectivity index (χ4n) is 2.51. The number of carbonyl (C=O) groups excluding carboxylic acids is 2. The summed E-state index contributed by atoms with van der Waals surface area (Å²) in [6, 6.07) is 17.4. The Balaban J connectivity index is 1.47. The maximum Gasteiger partial charge on any atom is 0.255 e. The summed E-state index contributed by atoms with van der Waals surface area (Å²) in [5.41, 5.74) is 1.73. The van der Waals surface area contributed by atoms with Crippen LogP contribution < -0.4 is 10.6 Å². The number of nitrogens with one attached hydrogen (secondary N) is 2. The Labute approximate surface area is 151 Å². The van der Waals surface area contributed by atoms with Crippen LogP contribution in [0.3, 0.4) is 0 Å². The Bertz CT molecular complexity index is 887. The van der Waals surface area contributed by atoms with Crippen LogP contribution in [0.1, 0.15) is 20.7 Å². The van der Waals surface area contributed by atoms with E-state index in [1.807, 2.05) is 41.2 Å². The van der Waals surface area contributed by atoms with Crippen LogP contribution in [-0.4, -0.2) is 34.6 Å². The summed E-state index contributed by atoms with van der Waals surface area (Å²) in [4.78, 5) is 24.1. The van der Waals surface area contributed by atoms with Crippen LogP contribution in [0.15, 0.2) is 73.1 Å². The molecule has 0 atom stereocenters. The summed E-state index contributed by atoms with van der Waals surface area (Å²) >= 11 is 0. The van der Waals surface area contributed by atoms with Gasteiger partial charge in [-0.2, -0.15) is 0 Å². The highest BCUT2D eigenvalue weighted by Crippen LogP contribution is 2.14. The van der Waals surface area contributed by atoms with Crippen molar-refractivity contribution in [3.05, 3.63) is 84.2 Å². The lowest BCUT2D eigenvalue weighted by atomic mass is 10.2. The van der Waals surface area contributed by atoms with Gasteiger partial charge in [-0.3, -0.25) is 9.59 Å². The molecule has 3 N–H and O–H groups in total. The molecule has 0 aliphatic rings. The number of rotatable bonds is 6. The highest BCUT2D eigenvalue weighted by molar-refractivity contribution is 5.97. The monoisotopic (exact) mass is 349 g/mol. The van der Waals surface area contributed by atoms with Crippen LogP contribution in [0.25, 0.3) is 5.69 Å². The van der Waals surface area contributed by atoms with Gasteiger partial charge < -0.3 is 20.3 Å². The molecule has 26 heavy (non-hydrogen) atoms. The lowest BCUT2D eigenvalue weighted by Gasteiger charge is -2.09. The predicted molar refractivity (Wildman–Crippen MR) is 98.5 cm³/mol. The molecule has 0 spiro atoms. The molecule has 1 aromatic heterocycles. The topological polar surface area (TPSA) is 83.4 Å². The molecule has 0 saturated carbocycles. The molecular formula is C20H19N3O3. The Kier molecular flexibility index (Phi) is 5.34. The van der Waals surface area contributed by atoms with Gasteiger partial charge >= 0.3 is 0 Å². The Morgan fingerprint density at radius 2 is 1.42 bits per heavy atom. The van der Waals surface area contributed by atoms with E-state index in [-0.39, 0.29) is 36.2 Å². The molecule has 6 nitrogen and oxygen atoms in total. The Morgan fingerprint density at radius 3 is 2.08 bits per heavy atom. The van der Waals surface area contributed by atoms with Crippen molar-refractivity contribution in [3.63, 3.8) is 0 Å². The SMILES string of the molecule is O=C(NCCNC(=O)c1ccccc1O)c1ccc(-n2cccc2)cc1. The van der Waals surface area contributed by atoms with E-state index < -0.39 is 0 Å². The van der Waals surface area contributed by atoms with Crippen LogP contribution in [0, 0.1) is 0 Å². The molecule has 0 aliphatic carbocycles. The summed E-state index contributed by atoms with van der Waals surface area (Å²) in [6.07, 6.45) is 3.87. The maximum absolute atomic E-state index is 12.1. The van der Waals surface area contributed by atoms with Crippen LogP contribution >= 0.6 is 0 Å². The molecule has 1 heterocycles. The Morgan fingerprint density at radius 1 is 0.808 bits per heavy atom. The van der Waals surface area contributed by atoms with E-state index in [1.54, 1.807) is 24.3 Å². The first-order valence-corrected chi connectivity index (χ1v) is 8.23. The lowest BCUT2D eigenvalue weighted by molar-refractivity contribution is 0.0926. The zero-order valence-corrected chi connectivity index (χ0v) is 14.1. The quantitative estimate of drug-likeness (QED) is 0.597.